The normalized spacial score (nSPS) is 11.5. The first-order chi connectivity index (χ1) is 8.87. The SMILES string of the molecule is CC(C)(C)NC(=O)Cn1ncc(=O)c2ccccc21. The lowest BCUT2D eigenvalue weighted by Gasteiger charge is -2.21. The summed E-state index contributed by atoms with van der Waals surface area (Å²) in [5, 5.41) is 7.46. The van der Waals surface area contributed by atoms with Gasteiger partial charge in [-0.1, -0.05) is 12.1 Å². The summed E-state index contributed by atoms with van der Waals surface area (Å²) in [6.07, 6.45) is 1.24. The van der Waals surface area contributed by atoms with Crippen LogP contribution in [0.3, 0.4) is 0 Å². The highest BCUT2D eigenvalue weighted by Gasteiger charge is 2.15. The van der Waals surface area contributed by atoms with E-state index in [1.165, 1.54) is 10.9 Å². The number of aromatic nitrogens is 2. The smallest absolute Gasteiger partial charge is 0.242 e. The first-order valence-corrected chi connectivity index (χ1v) is 6.13. The van der Waals surface area contributed by atoms with Gasteiger partial charge in [-0.05, 0) is 32.9 Å². The van der Waals surface area contributed by atoms with E-state index in [1.54, 1.807) is 18.2 Å². The van der Waals surface area contributed by atoms with Crippen LogP contribution in [0.25, 0.3) is 10.9 Å². The second-order valence-corrected chi connectivity index (χ2v) is 5.48. The van der Waals surface area contributed by atoms with Gasteiger partial charge in [0.25, 0.3) is 0 Å². The molecule has 0 saturated heterocycles. The summed E-state index contributed by atoms with van der Waals surface area (Å²) in [5.41, 5.74) is 0.244. The van der Waals surface area contributed by atoms with E-state index in [2.05, 4.69) is 10.4 Å². The number of carbonyl (C=O) groups is 1. The van der Waals surface area contributed by atoms with Gasteiger partial charge >= 0.3 is 0 Å². The summed E-state index contributed by atoms with van der Waals surface area (Å²) in [6.45, 7) is 5.85. The predicted octanol–water partition coefficient (Wildman–Crippen LogP) is 1.31. The van der Waals surface area contributed by atoms with Crippen molar-refractivity contribution >= 4 is 16.8 Å². The number of para-hydroxylation sites is 1. The lowest BCUT2D eigenvalue weighted by molar-refractivity contribution is -0.123. The molecule has 1 aromatic heterocycles. The highest BCUT2D eigenvalue weighted by atomic mass is 16.2. The van der Waals surface area contributed by atoms with Gasteiger partial charge < -0.3 is 5.32 Å². The largest absolute Gasteiger partial charge is 0.350 e. The third-order valence-corrected chi connectivity index (χ3v) is 2.57. The Kier molecular flexibility index (Phi) is 3.38. The lowest BCUT2D eigenvalue weighted by Crippen LogP contribution is -2.42. The molecule has 0 saturated carbocycles. The highest BCUT2D eigenvalue weighted by Crippen LogP contribution is 2.08. The minimum atomic E-state index is -0.286. The Labute approximate surface area is 111 Å². The molecule has 1 heterocycles. The number of fused-ring (bicyclic) bond motifs is 1. The number of nitrogens with zero attached hydrogens (tertiary/aromatic N) is 2. The maximum absolute atomic E-state index is 11.9. The zero-order valence-electron chi connectivity index (χ0n) is 11.3. The molecular weight excluding hydrogens is 242 g/mol. The van der Waals surface area contributed by atoms with E-state index in [4.69, 9.17) is 0 Å². The van der Waals surface area contributed by atoms with Crippen molar-refractivity contribution in [1.82, 2.24) is 15.1 Å². The fraction of sp³-hybridized carbons (Fsp3) is 0.357. The highest BCUT2D eigenvalue weighted by molar-refractivity contribution is 5.81. The quantitative estimate of drug-likeness (QED) is 0.884. The maximum atomic E-state index is 11.9. The van der Waals surface area contributed by atoms with Crippen molar-refractivity contribution in [2.75, 3.05) is 0 Å². The number of rotatable bonds is 2. The fourth-order valence-corrected chi connectivity index (χ4v) is 1.88. The minimum Gasteiger partial charge on any atom is -0.350 e. The fourth-order valence-electron chi connectivity index (χ4n) is 1.88. The summed E-state index contributed by atoms with van der Waals surface area (Å²) in [5.74, 6) is -0.131. The Hall–Kier alpha value is -2.17. The summed E-state index contributed by atoms with van der Waals surface area (Å²) in [7, 11) is 0. The molecule has 0 radical (unpaired) electrons. The van der Waals surface area contributed by atoms with Crippen molar-refractivity contribution in [2.45, 2.75) is 32.9 Å². The maximum Gasteiger partial charge on any atom is 0.242 e. The molecule has 0 aliphatic carbocycles. The molecule has 0 atom stereocenters. The van der Waals surface area contributed by atoms with Crippen LogP contribution in [0.15, 0.2) is 35.3 Å². The predicted molar refractivity (Wildman–Crippen MR) is 73.9 cm³/mol. The van der Waals surface area contributed by atoms with Crippen LogP contribution in [0.5, 0.6) is 0 Å². The van der Waals surface area contributed by atoms with Gasteiger partial charge in [-0.2, -0.15) is 5.10 Å². The van der Waals surface area contributed by atoms with Crippen LogP contribution in [0.4, 0.5) is 0 Å². The number of nitrogens with one attached hydrogen (secondary N) is 1. The van der Waals surface area contributed by atoms with Crippen molar-refractivity contribution in [1.29, 1.82) is 0 Å². The standard InChI is InChI=1S/C14H17N3O2/c1-14(2,3)16-13(19)9-17-11-7-5-4-6-10(11)12(18)8-15-17/h4-8H,9H2,1-3H3,(H,16,19). The first-order valence-electron chi connectivity index (χ1n) is 6.13. The van der Waals surface area contributed by atoms with Crippen LogP contribution in [0, 0.1) is 0 Å². The molecule has 2 rings (SSSR count). The molecule has 0 bridgehead atoms. The average molecular weight is 259 g/mol. The monoisotopic (exact) mass is 259 g/mol. The number of carbonyl (C=O) groups excluding carboxylic acids is 1. The van der Waals surface area contributed by atoms with Crippen LogP contribution < -0.4 is 10.7 Å². The average Bonchev–Trinajstić information content (AvgIpc) is 2.31. The zero-order chi connectivity index (χ0) is 14.0. The van der Waals surface area contributed by atoms with E-state index in [-0.39, 0.29) is 23.4 Å². The second-order valence-electron chi connectivity index (χ2n) is 5.48. The molecule has 0 fully saturated rings. The van der Waals surface area contributed by atoms with Crippen LogP contribution in [0.1, 0.15) is 20.8 Å². The molecule has 0 spiro atoms. The van der Waals surface area contributed by atoms with Crippen molar-refractivity contribution < 1.29 is 4.79 Å². The summed E-state index contributed by atoms with van der Waals surface area (Å²) < 4.78 is 1.54. The third-order valence-electron chi connectivity index (χ3n) is 2.57. The third kappa shape index (κ3) is 3.19. The van der Waals surface area contributed by atoms with Crippen LogP contribution in [-0.4, -0.2) is 21.2 Å². The minimum absolute atomic E-state index is 0.0953. The molecule has 100 valence electrons. The molecule has 5 heteroatoms. The summed E-state index contributed by atoms with van der Waals surface area (Å²) in [6, 6.07) is 7.14. The van der Waals surface area contributed by atoms with E-state index < -0.39 is 0 Å². The Morgan fingerprint density at radius 1 is 1.32 bits per heavy atom. The van der Waals surface area contributed by atoms with Crippen LogP contribution in [0.2, 0.25) is 0 Å². The molecule has 1 amide bonds. The van der Waals surface area contributed by atoms with E-state index >= 15 is 0 Å². The van der Waals surface area contributed by atoms with Crippen molar-refractivity contribution in [2.24, 2.45) is 0 Å². The van der Waals surface area contributed by atoms with Gasteiger partial charge in [0.15, 0.2) is 0 Å². The second kappa shape index (κ2) is 4.84. The molecule has 0 unspecified atom stereocenters. The van der Waals surface area contributed by atoms with Crippen LogP contribution in [-0.2, 0) is 11.3 Å². The number of benzene rings is 1. The first kappa shape index (κ1) is 13.3. The molecule has 1 aromatic carbocycles. The Balaban J connectivity index is 2.34. The molecule has 0 aliphatic rings. The van der Waals surface area contributed by atoms with Crippen molar-refractivity contribution in [3.8, 4) is 0 Å². The van der Waals surface area contributed by atoms with Gasteiger partial charge in [0.2, 0.25) is 11.3 Å². The number of amides is 1. The molecule has 5 nitrogen and oxygen atoms in total. The summed E-state index contributed by atoms with van der Waals surface area (Å²) in [4.78, 5) is 23.6. The number of hydrogen-bond donors (Lipinski definition) is 1. The van der Waals surface area contributed by atoms with E-state index in [0.29, 0.717) is 10.9 Å². The molecule has 1 N–H and O–H groups in total. The van der Waals surface area contributed by atoms with E-state index in [0.717, 1.165) is 0 Å². The molecule has 19 heavy (non-hydrogen) atoms. The lowest BCUT2D eigenvalue weighted by atomic mass is 10.1. The van der Waals surface area contributed by atoms with Gasteiger partial charge in [0.1, 0.15) is 6.54 Å². The summed E-state index contributed by atoms with van der Waals surface area (Å²) >= 11 is 0. The van der Waals surface area contributed by atoms with Crippen LogP contribution >= 0.6 is 0 Å². The van der Waals surface area contributed by atoms with Gasteiger partial charge in [-0.25, -0.2) is 0 Å². The van der Waals surface area contributed by atoms with Gasteiger partial charge in [-0.15, -0.1) is 0 Å². The van der Waals surface area contributed by atoms with Gasteiger partial charge in [-0.3, -0.25) is 14.3 Å². The van der Waals surface area contributed by atoms with E-state index in [9.17, 15) is 9.59 Å². The topological polar surface area (TPSA) is 64.0 Å². The Bertz CT molecular complexity index is 668. The molecule has 0 aliphatic heterocycles. The van der Waals surface area contributed by atoms with Gasteiger partial charge in [0, 0.05) is 10.9 Å². The van der Waals surface area contributed by atoms with Crippen molar-refractivity contribution in [3.63, 3.8) is 0 Å². The van der Waals surface area contributed by atoms with Crippen molar-refractivity contribution in [3.05, 3.63) is 40.7 Å². The zero-order valence-corrected chi connectivity index (χ0v) is 11.3. The molecule has 2 aromatic rings. The number of hydrogen-bond acceptors (Lipinski definition) is 3. The Morgan fingerprint density at radius 3 is 2.68 bits per heavy atom. The van der Waals surface area contributed by atoms with E-state index in [1.807, 2.05) is 26.8 Å². The van der Waals surface area contributed by atoms with Gasteiger partial charge in [0.05, 0.1) is 11.7 Å². The Morgan fingerprint density at radius 2 is 2.00 bits per heavy atom. The molecular formula is C14H17N3O2.